The maximum absolute atomic E-state index is 4.44. The van der Waals surface area contributed by atoms with Crippen LogP contribution in [0.15, 0.2) is 67.0 Å². The van der Waals surface area contributed by atoms with Crippen LogP contribution in [0.5, 0.6) is 0 Å². The summed E-state index contributed by atoms with van der Waals surface area (Å²) in [4.78, 5) is 4.44. The lowest BCUT2D eigenvalue weighted by Gasteiger charge is -2.09. The van der Waals surface area contributed by atoms with Crippen LogP contribution in [0, 0.1) is 6.92 Å². The molecule has 0 aliphatic carbocycles. The number of fused-ring (bicyclic) bond motifs is 2. The number of pyridine rings is 1. The summed E-state index contributed by atoms with van der Waals surface area (Å²) in [5, 5.41) is 2.56. The molecule has 0 spiro atoms. The Morgan fingerprint density at radius 3 is 2.76 bits per heavy atom. The molecule has 0 amide bonds. The summed E-state index contributed by atoms with van der Waals surface area (Å²) in [6.07, 6.45) is 4.07. The molecular weight excluding hydrogens is 256 g/mol. The van der Waals surface area contributed by atoms with E-state index in [1.54, 1.807) is 0 Å². The molecule has 102 valence electrons. The second kappa shape index (κ2) is 4.74. The molecule has 0 aliphatic rings. The van der Waals surface area contributed by atoms with E-state index in [2.05, 4.69) is 71.2 Å². The fourth-order valence-corrected chi connectivity index (χ4v) is 2.99. The van der Waals surface area contributed by atoms with Crippen LogP contribution in [0.3, 0.4) is 0 Å². The summed E-state index contributed by atoms with van der Waals surface area (Å²) in [6, 6.07) is 19.1. The van der Waals surface area contributed by atoms with Crippen molar-refractivity contribution in [3.05, 3.63) is 78.1 Å². The number of rotatable bonds is 2. The third-order valence-corrected chi connectivity index (χ3v) is 4.11. The molecule has 0 atom stereocenters. The molecule has 0 aliphatic heterocycles. The van der Waals surface area contributed by atoms with E-state index in [-0.39, 0.29) is 0 Å². The predicted octanol–water partition coefficient (Wildman–Crippen LogP) is 4.55. The average molecular weight is 272 g/mol. The molecule has 0 saturated carbocycles. The molecule has 0 bridgehead atoms. The fourth-order valence-electron chi connectivity index (χ4n) is 2.99. The van der Waals surface area contributed by atoms with Gasteiger partial charge in [-0.3, -0.25) is 4.98 Å². The molecule has 2 nitrogen and oxygen atoms in total. The lowest BCUT2D eigenvalue weighted by molar-refractivity contribution is 0.842. The molecule has 0 saturated heterocycles. The summed E-state index contributed by atoms with van der Waals surface area (Å²) in [5.74, 6) is 0. The van der Waals surface area contributed by atoms with E-state index in [0.717, 1.165) is 12.1 Å². The molecule has 0 unspecified atom stereocenters. The van der Waals surface area contributed by atoms with Crippen molar-refractivity contribution in [1.29, 1.82) is 0 Å². The first-order valence-electron chi connectivity index (χ1n) is 7.20. The van der Waals surface area contributed by atoms with Crippen molar-refractivity contribution < 1.29 is 0 Å². The summed E-state index contributed by atoms with van der Waals surface area (Å²) in [5.41, 5.74) is 4.98. The summed E-state index contributed by atoms with van der Waals surface area (Å²) in [6.45, 7) is 3.03. The second-order valence-corrected chi connectivity index (χ2v) is 5.44. The van der Waals surface area contributed by atoms with Crippen LogP contribution in [0.25, 0.3) is 21.8 Å². The van der Waals surface area contributed by atoms with Gasteiger partial charge in [0, 0.05) is 35.2 Å². The molecule has 4 rings (SSSR count). The zero-order valence-electron chi connectivity index (χ0n) is 12.0. The number of nitrogens with zero attached hydrogens (tertiary/aromatic N) is 2. The first-order chi connectivity index (χ1) is 10.3. The highest BCUT2D eigenvalue weighted by Gasteiger charge is 2.06. The first-order valence-corrected chi connectivity index (χ1v) is 7.20. The topological polar surface area (TPSA) is 17.8 Å². The summed E-state index contributed by atoms with van der Waals surface area (Å²) < 4.78 is 2.31. The van der Waals surface area contributed by atoms with Crippen LogP contribution >= 0.6 is 0 Å². The van der Waals surface area contributed by atoms with Crippen molar-refractivity contribution in [1.82, 2.24) is 9.55 Å². The normalized spacial score (nSPS) is 11.3. The number of hydrogen-bond donors (Lipinski definition) is 0. The van der Waals surface area contributed by atoms with Crippen molar-refractivity contribution in [2.45, 2.75) is 13.5 Å². The minimum Gasteiger partial charge on any atom is -0.343 e. The van der Waals surface area contributed by atoms with E-state index in [0.29, 0.717) is 0 Å². The van der Waals surface area contributed by atoms with Crippen LogP contribution in [0.4, 0.5) is 0 Å². The highest BCUT2D eigenvalue weighted by Crippen LogP contribution is 2.23. The maximum Gasteiger partial charge on any atom is 0.0705 e. The van der Waals surface area contributed by atoms with Gasteiger partial charge < -0.3 is 4.57 Å². The van der Waals surface area contributed by atoms with Gasteiger partial charge >= 0.3 is 0 Å². The van der Waals surface area contributed by atoms with Crippen molar-refractivity contribution in [2.75, 3.05) is 0 Å². The Balaban J connectivity index is 1.85. The van der Waals surface area contributed by atoms with Crippen LogP contribution < -0.4 is 0 Å². The van der Waals surface area contributed by atoms with Crippen molar-refractivity contribution in [3.8, 4) is 0 Å². The number of hydrogen-bond acceptors (Lipinski definition) is 1. The third kappa shape index (κ3) is 2.00. The van der Waals surface area contributed by atoms with Crippen LogP contribution in [0.1, 0.15) is 11.1 Å². The van der Waals surface area contributed by atoms with E-state index in [9.17, 15) is 0 Å². The van der Waals surface area contributed by atoms with Gasteiger partial charge in [0.1, 0.15) is 0 Å². The van der Waals surface area contributed by atoms with Gasteiger partial charge in [0.15, 0.2) is 0 Å². The van der Waals surface area contributed by atoms with Gasteiger partial charge in [0.2, 0.25) is 0 Å². The van der Waals surface area contributed by atoms with Gasteiger partial charge in [0.05, 0.1) is 5.52 Å². The zero-order valence-corrected chi connectivity index (χ0v) is 12.0. The monoisotopic (exact) mass is 272 g/mol. The summed E-state index contributed by atoms with van der Waals surface area (Å²) >= 11 is 0. The lowest BCUT2D eigenvalue weighted by atomic mass is 10.1. The van der Waals surface area contributed by atoms with Gasteiger partial charge in [-0.1, -0.05) is 30.3 Å². The van der Waals surface area contributed by atoms with Gasteiger partial charge in [0.25, 0.3) is 0 Å². The minimum atomic E-state index is 0.871. The number of para-hydroxylation sites is 1. The highest BCUT2D eigenvalue weighted by atomic mass is 15.0. The van der Waals surface area contributed by atoms with E-state index < -0.39 is 0 Å². The third-order valence-electron chi connectivity index (χ3n) is 4.11. The Kier molecular flexibility index (Phi) is 2.74. The number of benzene rings is 2. The lowest BCUT2D eigenvalue weighted by Crippen LogP contribution is -1.99. The van der Waals surface area contributed by atoms with Crippen molar-refractivity contribution in [3.63, 3.8) is 0 Å². The molecule has 0 radical (unpaired) electrons. The van der Waals surface area contributed by atoms with Crippen LogP contribution in [-0.4, -0.2) is 9.55 Å². The molecule has 2 aromatic carbocycles. The Bertz CT molecular complexity index is 929. The molecule has 0 N–H and O–H groups in total. The van der Waals surface area contributed by atoms with E-state index in [1.807, 2.05) is 12.3 Å². The van der Waals surface area contributed by atoms with Gasteiger partial charge in [-0.25, -0.2) is 0 Å². The predicted molar refractivity (Wildman–Crippen MR) is 87.5 cm³/mol. The molecule has 2 aromatic heterocycles. The minimum absolute atomic E-state index is 0.871. The SMILES string of the molecule is Cc1cccc2c1ccn2Cc1ccnc2ccccc12. The maximum atomic E-state index is 4.44. The quantitative estimate of drug-likeness (QED) is 0.523. The van der Waals surface area contributed by atoms with Crippen molar-refractivity contribution >= 4 is 21.8 Å². The van der Waals surface area contributed by atoms with Crippen LogP contribution in [0.2, 0.25) is 0 Å². The standard InChI is InChI=1S/C19H16N2/c1-14-5-4-8-19-16(14)10-12-21(19)13-15-9-11-20-18-7-3-2-6-17(15)18/h2-12H,13H2,1H3. The first kappa shape index (κ1) is 12.2. The summed E-state index contributed by atoms with van der Waals surface area (Å²) in [7, 11) is 0. The van der Waals surface area contributed by atoms with E-state index in [4.69, 9.17) is 0 Å². The fraction of sp³-hybridized carbons (Fsp3) is 0.105. The van der Waals surface area contributed by atoms with Crippen molar-refractivity contribution in [2.24, 2.45) is 0 Å². The van der Waals surface area contributed by atoms with E-state index >= 15 is 0 Å². The smallest absolute Gasteiger partial charge is 0.0705 e. The van der Waals surface area contributed by atoms with Gasteiger partial charge in [-0.15, -0.1) is 0 Å². The Morgan fingerprint density at radius 1 is 0.905 bits per heavy atom. The average Bonchev–Trinajstić information content (AvgIpc) is 2.92. The Labute approximate surface area is 123 Å². The number of aromatic nitrogens is 2. The molecule has 0 fully saturated rings. The van der Waals surface area contributed by atoms with E-state index in [1.165, 1.54) is 27.4 Å². The number of aryl methyl sites for hydroxylation is 1. The highest BCUT2D eigenvalue weighted by molar-refractivity contribution is 5.85. The largest absolute Gasteiger partial charge is 0.343 e. The molecular formula is C19H16N2. The zero-order chi connectivity index (χ0) is 14.2. The van der Waals surface area contributed by atoms with Gasteiger partial charge in [-0.05, 0) is 42.3 Å². The van der Waals surface area contributed by atoms with Gasteiger partial charge in [-0.2, -0.15) is 0 Å². The molecule has 21 heavy (non-hydrogen) atoms. The van der Waals surface area contributed by atoms with Crippen LogP contribution in [-0.2, 0) is 6.54 Å². The molecule has 2 heteroatoms. The molecule has 2 heterocycles. The Hall–Kier alpha value is -2.61. The molecule has 4 aromatic rings. The Morgan fingerprint density at radius 2 is 1.81 bits per heavy atom. The second-order valence-electron chi connectivity index (χ2n) is 5.44.